The maximum absolute atomic E-state index is 13.2. The number of nitrogens with zero attached hydrogens (tertiary/aromatic N) is 3. The van der Waals surface area contributed by atoms with Crippen molar-refractivity contribution in [1.29, 1.82) is 0 Å². The Morgan fingerprint density at radius 3 is 2.64 bits per heavy atom. The van der Waals surface area contributed by atoms with Crippen LogP contribution in [0.25, 0.3) is 0 Å². The molecule has 1 aromatic heterocycles. The topological polar surface area (TPSA) is 67.2 Å². The molecule has 1 saturated carbocycles. The number of amides is 1. The van der Waals surface area contributed by atoms with E-state index in [9.17, 15) is 9.59 Å². The van der Waals surface area contributed by atoms with E-state index in [4.69, 9.17) is 4.98 Å². The molecule has 148 valence electrons. The monoisotopic (exact) mass is 380 g/mol. The summed E-state index contributed by atoms with van der Waals surface area (Å²) in [6.45, 7) is 1.55. The van der Waals surface area contributed by atoms with Gasteiger partial charge in [0.25, 0.3) is 5.56 Å². The minimum atomic E-state index is 0.00275. The summed E-state index contributed by atoms with van der Waals surface area (Å²) < 4.78 is 1.70. The summed E-state index contributed by atoms with van der Waals surface area (Å²) in [5.74, 6) is 0.948. The summed E-state index contributed by atoms with van der Waals surface area (Å²) in [6, 6.07) is 9.93. The van der Waals surface area contributed by atoms with Gasteiger partial charge in [-0.25, -0.2) is 4.98 Å². The number of benzene rings is 1. The van der Waals surface area contributed by atoms with Crippen LogP contribution in [0.1, 0.15) is 48.9 Å². The molecule has 2 heterocycles. The van der Waals surface area contributed by atoms with Crippen molar-refractivity contribution in [3.05, 3.63) is 57.5 Å². The number of anilines is 1. The summed E-state index contributed by atoms with van der Waals surface area (Å²) in [6.07, 6.45) is 6.10. The molecule has 1 aliphatic carbocycles. The van der Waals surface area contributed by atoms with E-state index < -0.39 is 0 Å². The highest BCUT2D eigenvalue weighted by molar-refractivity contribution is 5.79. The molecule has 4 rings (SSSR count). The number of fused-ring (bicyclic) bond motifs is 1. The molecule has 0 spiro atoms. The third-order valence-corrected chi connectivity index (χ3v) is 5.99. The van der Waals surface area contributed by atoms with Gasteiger partial charge in [-0.15, -0.1) is 0 Å². The summed E-state index contributed by atoms with van der Waals surface area (Å²) in [5, 5.41) is 3.06. The minimum absolute atomic E-state index is 0.00275. The van der Waals surface area contributed by atoms with Crippen molar-refractivity contribution in [1.82, 2.24) is 14.5 Å². The van der Waals surface area contributed by atoms with E-state index in [1.54, 1.807) is 11.6 Å². The first-order valence-corrected chi connectivity index (χ1v) is 10.3. The molecule has 1 N–H and O–H groups in total. The maximum Gasteiger partial charge on any atom is 0.258 e. The van der Waals surface area contributed by atoms with Crippen molar-refractivity contribution in [2.75, 3.05) is 18.9 Å². The van der Waals surface area contributed by atoms with Gasteiger partial charge in [-0.1, -0.05) is 49.6 Å². The van der Waals surface area contributed by atoms with Gasteiger partial charge < -0.3 is 10.2 Å². The van der Waals surface area contributed by atoms with Crippen molar-refractivity contribution in [2.24, 2.45) is 5.92 Å². The molecule has 0 saturated heterocycles. The second kappa shape index (κ2) is 8.17. The van der Waals surface area contributed by atoms with Gasteiger partial charge in [0, 0.05) is 25.1 Å². The Morgan fingerprint density at radius 2 is 1.93 bits per heavy atom. The quantitative estimate of drug-likeness (QED) is 0.886. The summed E-state index contributed by atoms with van der Waals surface area (Å²) in [7, 11) is 1.78. The second-order valence-electron chi connectivity index (χ2n) is 7.83. The molecule has 1 fully saturated rings. The fraction of sp³-hybridized carbons (Fsp3) is 0.500. The van der Waals surface area contributed by atoms with E-state index in [1.165, 1.54) is 6.42 Å². The fourth-order valence-corrected chi connectivity index (χ4v) is 4.43. The van der Waals surface area contributed by atoms with Crippen LogP contribution in [0, 0.1) is 5.92 Å². The maximum atomic E-state index is 13.2. The van der Waals surface area contributed by atoms with Gasteiger partial charge in [-0.3, -0.25) is 14.2 Å². The van der Waals surface area contributed by atoms with Gasteiger partial charge >= 0.3 is 0 Å². The van der Waals surface area contributed by atoms with E-state index in [-0.39, 0.29) is 17.4 Å². The molecule has 28 heavy (non-hydrogen) atoms. The van der Waals surface area contributed by atoms with E-state index in [0.717, 1.165) is 42.5 Å². The second-order valence-corrected chi connectivity index (χ2v) is 7.83. The molecule has 0 radical (unpaired) electrons. The van der Waals surface area contributed by atoms with Gasteiger partial charge in [0.15, 0.2) is 0 Å². The van der Waals surface area contributed by atoms with Crippen LogP contribution in [0.2, 0.25) is 0 Å². The zero-order valence-corrected chi connectivity index (χ0v) is 16.5. The highest BCUT2D eigenvalue weighted by atomic mass is 16.2. The van der Waals surface area contributed by atoms with Gasteiger partial charge in [-0.2, -0.15) is 0 Å². The Balaban J connectivity index is 1.59. The molecule has 1 amide bonds. The lowest BCUT2D eigenvalue weighted by Gasteiger charge is -2.32. The van der Waals surface area contributed by atoms with Gasteiger partial charge in [0.2, 0.25) is 11.9 Å². The van der Waals surface area contributed by atoms with Crippen LogP contribution in [-0.2, 0) is 24.3 Å². The van der Waals surface area contributed by atoms with Crippen molar-refractivity contribution in [3.8, 4) is 0 Å². The number of rotatable bonds is 4. The summed E-state index contributed by atoms with van der Waals surface area (Å²) in [5.41, 5.74) is 2.56. The van der Waals surface area contributed by atoms with Gasteiger partial charge in [0.1, 0.15) is 0 Å². The Bertz CT molecular complexity index is 901. The number of carbonyl (C=O) groups is 1. The predicted octanol–water partition coefficient (Wildman–Crippen LogP) is 2.80. The molecule has 6 nitrogen and oxygen atoms in total. The predicted molar refractivity (Wildman–Crippen MR) is 109 cm³/mol. The number of hydrogen-bond acceptors (Lipinski definition) is 4. The smallest absolute Gasteiger partial charge is 0.258 e. The Hall–Kier alpha value is -2.63. The standard InChI is InChI=1S/C22H28N4O2/c1-23-22-24-19-15-25(20(27)17-10-6-3-7-11-17)13-12-18(19)21(28)26(22)14-16-8-4-2-5-9-16/h2,4-5,8-9,17H,3,6-7,10-15H2,1H3,(H,23,24). The van der Waals surface area contributed by atoms with Crippen LogP contribution in [-0.4, -0.2) is 34.0 Å². The van der Waals surface area contributed by atoms with Crippen molar-refractivity contribution < 1.29 is 4.79 Å². The zero-order chi connectivity index (χ0) is 19.5. The highest BCUT2D eigenvalue weighted by Crippen LogP contribution is 2.27. The number of aromatic nitrogens is 2. The molecule has 6 heteroatoms. The molecular weight excluding hydrogens is 352 g/mol. The molecule has 0 unspecified atom stereocenters. The van der Waals surface area contributed by atoms with Crippen LogP contribution >= 0.6 is 0 Å². The average molecular weight is 380 g/mol. The minimum Gasteiger partial charge on any atom is -0.359 e. The molecule has 1 aliphatic heterocycles. The number of nitrogens with one attached hydrogen (secondary N) is 1. The molecular formula is C22H28N4O2. The van der Waals surface area contributed by atoms with Crippen LogP contribution in [0.15, 0.2) is 35.1 Å². The van der Waals surface area contributed by atoms with Crippen molar-refractivity contribution in [2.45, 2.75) is 51.6 Å². The summed E-state index contributed by atoms with van der Waals surface area (Å²) >= 11 is 0. The third-order valence-electron chi connectivity index (χ3n) is 5.99. The van der Waals surface area contributed by atoms with E-state index >= 15 is 0 Å². The lowest BCUT2D eigenvalue weighted by Crippen LogP contribution is -2.43. The lowest BCUT2D eigenvalue weighted by atomic mass is 9.88. The number of carbonyl (C=O) groups excluding carboxylic acids is 1. The molecule has 2 aromatic rings. The Labute approximate surface area is 165 Å². The van der Waals surface area contributed by atoms with E-state index in [1.807, 2.05) is 35.2 Å². The largest absolute Gasteiger partial charge is 0.359 e. The molecule has 0 bridgehead atoms. The van der Waals surface area contributed by atoms with E-state index in [2.05, 4.69) is 5.32 Å². The molecule has 0 atom stereocenters. The third kappa shape index (κ3) is 3.68. The lowest BCUT2D eigenvalue weighted by molar-refractivity contribution is -0.137. The fourth-order valence-electron chi connectivity index (χ4n) is 4.43. The first-order chi connectivity index (χ1) is 13.7. The van der Waals surface area contributed by atoms with Crippen molar-refractivity contribution in [3.63, 3.8) is 0 Å². The summed E-state index contributed by atoms with van der Waals surface area (Å²) in [4.78, 5) is 32.7. The van der Waals surface area contributed by atoms with Crippen LogP contribution in [0.4, 0.5) is 5.95 Å². The van der Waals surface area contributed by atoms with Crippen LogP contribution in [0.5, 0.6) is 0 Å². The Kier molecular flexibility index (Phi) is 5.46. The average Bonchev–Trinajstić information content (AvgIpc) is 2.76. The van der Waals surface area contributed by atoms with Gasteiger partial charge in [-0.05, 0) is 24.8 Å². The first kappa shape index (κ1) is 18.7. The molecule has 1 aromatic carbocycles. The van der Waals surface area contributed by atoms with Crippen LogP contribution < -0.4 is 10.9 Å². The highest BCUT2D eigenvalue weighted by Gasteiger charge is 2.30. The first-order valence-electron chi connectivity index (χ1n) is 10.3. The SMILES string of the molecule is CNc1nc2c(c(=O)n1Cc1ccccc1)CCN(C(=O)C1CCCCC1)C2. The van der Waals surface area contributed by atoms with E-state index in [0.29, 0.717) is 32.0 Å². The van der Waals surface area contributed by atoms with Gasteiger partial charge in [0.05, 0.1) is 18.8 Å². The normalized spacial score (nSPS) is 17.2. The Morgan fingerprint density at radius 1 is 1.18 bits per heavy atom. The zero-order valence-electron chi connectivity index (χ0n) is 16.5. The van der Waals surface area contributed by atoms with Crippen molar-refractivity contribution >= 4 is 11.9 Å². The molecule has 2 aliphatic rings. The van der Waals surface area contributed by atoms with Crippen LogP contribution in [0.3, 0.4) is 0 Å². The number of hydrogen-bond donors (Lipinski definition) is 1.